The number of nitrogens with two attached hydrogens (primary N) is 1. The lowest BCUT2D eigenvalue weighted by Crippen LogP contribution is -2.49. The SMILES string of the molecule is C[C@@H](NC(=O)CN1CCN(c2ccc(F)cc2)CC1)c1ccc(S(N)(=O)=O)cc1. The van der Waals surface area contributed by atoms with Crippen LogP contribution in [0, 0.1) is 5.82 Å². The predicted octanol–water partition coefficient (Wildman–Crippen LogP) is 1.47. The Balaban J connectivity index is 1.48. The van der Waals surface area contributed by atoms with Crippen molar-refractivity contribution in [3.63, 3.8) is 0 Å². The Morgan fingerprint density at radius 3 is 2.21 bits per heavy atom. The first-order valence-corrected chi connectivity index (χ1v) is 10.9. The second-order valence-corrected chi connectivity index (χ2v) is 8.70. The number of piperazine rings is 1. The second kappa shape index (κ2) is 8.89. The van der Waals surface area contributed by atoms with Gasteiger partial charge in [0, 0.05) is 31.9 Å². The summed E-state index contributed by atoms with van der Waals surface area (Å²) in [7, 11) is -3.73. The van der Waals surface area contributed by atoms with Gasteiger partial charge in [0.1, 0.15) is 5.82 Å². The lowest BCUT2D eigenvalue weighted by atomic mass is 10.1. The average Bonchev–Trinajstić information content (AvgIpc) is 2.68. The zero-order chi connectivity index (χ0) is 21.0. The summed E-state index contributed by atoms with van der Waals surface area (Å²) in [5.41, 5.74) is 1.78. The molecule has 2 aromatic carbocycles. The standard InChI is InChI=1S/C20H25FN4O3S/c1-15(16-2-8-19(9-3-16)29(22,27)28)23-20(26)14-24-10-12-25(13-11-24)18-6-4-17(21)5-7-18/h2-9,15H,10-14H2,1H3,(H,23,26)(H2,22,27,28)/t15-/m1/s1. The van der Waals surface area contributed by atoms with Crippen LogP contribution in [0.25, 0.3) is 0 Å². The van der Waals surface area contributed by atoms with E-state index in [0.717, 1.165) is 37.4 Å². The number of rotatable bonds is 6. The van der Waals surface area contributed by atoms with E-state index in [0.29, 0.717) is 0 Å². The van der Waals surface area contributed by atoms with Crippen LogP contribution in [0.1, 0.15) is 18.5 Å². The summed E-state index contributed by atoms with van der Waals surface area (Å²) in [6, 6.07) is 12.3. The van der Waals surface area contributed by atoms with Crippen LogP contribution < -0.4 is 15.4 Å². The number of carbonyl (C=O) groups is 1. The summed E-state index contributed by atoms with van der Waals surface area (Å²) in [4.78, 5) is 16.7. The van der Waals surface area contributed by atoms with Gasteiger partial charge in [-0.3, -0.25) is 9.69 Å². The summed E-state index contributed by atoms with van der Waals surface area (Å²) in [6.07, 6.45) is 0. The van der Waals surface area contributed by atoms with Crippen molar-refractivity contribution in [2.45, 2.75) is 17.9 Å². The van der Waals surface area contributed by atoms with Crippen molar-refractivity contribution >= 4 is 21.6 Å². The molecule has 3 N–H and O–H groups in total. The number of nitrogens with one attached hydrogen (secondary N) is 1. The fourth-order valence-electron chi connectivity index (χ4n) is 3.34. The molecule has 1 aliphatic rings. The molecule has 156 valence electrons. The normalized spacial score (nSPS) is 16.4. The fraction of sp³-hybridized carbons (Fsp3) is 0.350. The first kappa shape index (κ1) is 21.2. The Labute approximate surface area is 170 Å². The second-order valence-electron chi connectivity index (χ2n) is 7.14. The number of carbonyl (C=O) groups excluding carboxylic acids is 1. The third-order valence-corrected chi connectivity index (χ3v) is 5.95. The molecule has 1 atom stereocenters. The number of sulfonamides is 1. The Morgan fingerprint density at radius 2 is 1.66 bits per heavy atom. The molecular weight excluding hydrogens is 395 g/mol. The molecule has 0 unspecified atom stereocenters. The highest BCUT2D eigenvalue weighted by atomic mass is 32.2. The molecule has 0 radical (unpaired) electrons. The van der Waals surface area contributed by atoms with Crippen molar-refractivity contribution in [1.29, 1.82) is 0 Å². The van der Waals surface area contributed by atoms with Crippen LogP contribution in [0.4, 0.5) is 10.1 Å². The van der Waals surface area contributed by atoms with Gasteiger partial charge in [-0.05, 0) is 48.9 Å². The highest BCUT2D eigenvalue weighted by Crippen LogP contribution is 2.18. The van der Waals surface area contributed by atoms with Gasteiger partial charge in [0.05, 0.1) is 17.5 Å². The molecule has 7 nitrogen and oxygen atoms in total. The smallest absolute Gasteiger partial charge is 0.238 e. The third kappa shape index (κ3) is 5.75. The minimum absolute atomic E-state index is 0.0406. The minimum atomic E-state index is -3.73. The van der Waals surface area contributed by atoms with Crippen molar-refractivity contribution in [2.24, 2.45) is 5.14 Å². The van der Waals surface area contributed by atoms with Gasteiger partial charge >= 0.3 is 0 Å². The molecule has 2 aromatic rings. The molecule has 0 spiro atoms. The molecule has 29 heavy (non-hydrogen) atoms. The van der Waals surface area contributed by atoms with E-state index in [4.69, 9.17) is 5.14 Å². The Bertz CT molecular complexity index is 941. The van der Waals surface area contributed by atoms with E-state index >= 15 is 0 Å². The Hall–Kier alpha value is -2.49. The van der Waals surface area contributed by atoms with Crippen LogP contribution in [0.15, 0.2) is 53.4 Å². The molecule has 0 bridgehead atoms. The van der Waals surface area contributed by atoms with Crippen LogP contribution in [0.5, 0.6) is 0 Å². The van der Waals surface area contributed by atoms with Gasteiger partial charge in [-0.1, -0.05) is 12.1 Å². The summed E-state index contributed by atoms with van der Waals surface area (Å²) in [6.45, 7) is 5.14. The molecule has 0 aromatic heterocycles. The molecule has 3 rings (SSSR count). The van der Waals surface area contributed by atoms with E-state index in [1.807, 2.05) is 6.92 Å². The monoisotopic (exact) mass is 420 g/mol. The molecule has 9 heteroatoms. The zero-order valence-electron chi connectivity index (χ0n) is 16.2. The van der Waals surface area contributed by atoms with Crippen LogP contribution in [0.2, 0.25) is 0 Å². The van der Waals surface area contributed by atoms with E-state index in [9.17, 15) is 17.6 Å². The quantitative estimate of drug-likeness (QED) is 0.738. The van der Waals surface area contributed by atoms with E-state index in [2.05, 4.69) is 15.1 Å². The van der Waals surface area contributed by atoms with Crippen molar-refractivity contribution < 1.29 is 17.6 Å². The molecule has 1 aliphatic heterocycles. The van der Waals surface area contributed by atoms with Gasteiger partial charge < -0.3 is 10.2 Å². The van der Waals surface area contributed by atoms with Gasteiger partial charge in [-0.2, -0.15) is 0 Å². The molecule has 1 amide bonds. The zero-order valence-corrected chi connectivity index (χ0v) is 17.0. The molecule has 0 aliphatic carbocycles. The van der Waals surface area contributed by atoms with Crippen molar-refractivity contribution in [1.82, 2.24) is 10.2 Å². The number of anilines is 1. The maximum absolute atomic E-state index is 13.1. The number of halogens is 1. The van der Waals surface area contributed by atoms with Gasteiger partial charge in [-0.25, -0.2) is 17.9 Å². The summed E-state index contributed by atoms with van der Waals surface area (Å²) >= 11 is 0. The van der Waals surface area contributed by atoms with Crippen molar-refractivity contribution in [3.8, 4) is 0 Å². The summed E-state index contributed by atoms with van der Waals surface area (Å²) < 4.78 is 35.7. The largest absolute Gasteiger partial charge is 0.369 e. The predicted molar refractivity (Wildman–Crippen MR) is 109 cm³/mol. The van der Waals surface area contributed by atoms with Gasteiger partial charge in [0.2, 0.25) is 15.9 Å². The van der Waals surface area contributed by atoms with Crippen molar-refractivity contribution in [2.75, 3.05) is 37.6 Å². The van der Waals surface area contributed by atoms with Gasteiger partial charge in [0.15, 0.2) is 0 Å². The van der Waals surface area contributed by atoms with E-state index in [1.165, 1.54) is 24.3 Å². The maximum Gasteiger partial charge on any atom is 0.238 e. The van der Waals surface area contributed by atoms with Crippen LogP contribution in [0.3, 0.4) is 0 Å². The first-order chi connectivity index (χ1) is 13.7. The number of benzene rings is 2. The van der Waals surface area contributed by atoms with Crippen LogP contribution in [-0.2, 0) is 14.8 Å². The number of nitrogens with zero attached hydrogens (tertiary/aromatic N) is 2. The number of hydrogen-bond donors (Lipinski definition) is 2. The lowest BCUT2D eigenvalue weighted by molar-refractivity contribution is -0.123. The van der Waals surface area contributed by atoms with Crippen molar-refractivity contribution in [3.05, 3.63) is 59.9 Å². The Morgan fingerprint density at radius 1 is 1.07 bits per heavy atom. The Kier molecular flexibility index (Phi) is 6.51. The highest BCUT2D eigenvalue weighted by molar-refractivity contribution is 7.89. The van der Waals surface area contributed by atoms with E-state index in [-0.39, 0.29) is 29.2 Å². The van der Waals surface area contributed by atoms with E-state index < -0.39 is 10.0 Å². The third-order valence-electron chi connectivity index (χ3n) is 5.02. The number of amides is 1. The van der Waals surface area contributed by atoms with E-state index in [1.54, 1.807) is 24.3 Å². The number of hydrogen-bond acceptors (Lipinski definition) is 5. The minimum Gasteiger partial charge on any atom is -0.369 e. The lowest BCUT2D eigenvalue weighted by Gasteiger charge is -2.35. The van der Waals surface area contributed by atoms with Crippen LogP contribution in [-0.4, -0.2) is 51.9 Å². The maximum atomic E-state index is 13.1. The summed E-state index contributed by atoms with van der Waals surface area (Å²) in [5.74, 6) is -0.347. The molecule has 1 heterocycles. The molecule has 1 saturated heterocycles. The molecular formula is C20H25FN4O3S. The average molecular weight is 421 g/mol. The topological polar surface area (TPSA) is 95.7 Å². The highest BCUT2D eigenvalue weighted by Gasteiger charge is 2.20. The molecule has 0 saturated carbocycles. The fourth-order valence-corrected chi connectivity index (χ4v) is 3.85. The summed E-state index contributed by atoms with van der Waals surface area (Å²) in [5, 5.41) is 8.03. The van der Waals surface area contributed by atoms with Crippen LogP contribution >= 0.6 is 0 Å². The first-order valence-electron chi connectivity index (χ1n) is 9.37. The van der Waals surface area contributed by atoms with Gasteiger partial charge in [-0.15, -0.1) is 0 Å². The number of primary sulfonamides is 1. The molecule has 1 fully saturated rings. The van der Waals surface area contributed by atoms with Gasteiger partial charge in [0.25, 0.3) is 0 Å².